The Kier molecular flexibility index (Phi) is 8.13. The monoisotopic (exact) mass is 280 g/mol. The van der Waals surface area contributed by atoms with Gasteiger partial charge in [0.15, 0.2) is 0 Å². The highest BCUT2D eigenvalue weighted by molar-refractivity contribution is 7.88. The number of amides is 1. The van der Waals surface area contributed by atoms with Crippen molar-refractivity contribution in [1.82, 2.24) is 10.0 Å². The fourth-order valence-electron chi connectivity index (χ4n) is 1.51. The maximum atomic E-state index is 11.8. The molecule has 1 unspecified atom stereocenters. The number of aliphatic hydroxyl groups is 1. The summed E-state index contributed by atoms with van der Waals surface area (Å²) >= 11 is 0. The molecule has 0 bridgehead atoms. The van der Waals surface area contributed by atoms with Crippen LogP contribution in [0.1, 0.15) is 33.1 Å². The van der Waals surface area contributed by atoms with Crippen LogP contribution in [0.3, 0.4) is 0 Å². The van der Waals surface area contributed by atoms with E-state index in [-0.39, 0.29) is 18.4 Å². The van der Waals surface area contributed by atoms with Gasteiger partial charge in [-0.3, -0.25) is 4.79 Å². The largest absolute Gasteiger partial charge is 0.396 e. The van der Waals surface area contributed by atoms with Gasteiger partial charge in [0, 0.05) is 13.2 Å². The molecule has 18 heavy (non-hydrogen) atoms. The standard InChI is InChI=1S/C11H24N2O4S/c1-9(2)8-10(13-18(3,16)17)11(15)12-6-4-5-7-14/h9-10,13-14H,4-8H2,1-3H3,(H,12,15). The number of rotatable bonds is 9. The summed E-state index contributed by atoms with van der Waals surface area (Å²) in [6.07, 6.45) is 2.79. The molecular formula is C11H24N2O4S. The van der Waals surface area contributed by atoms with Gasteiger partial charge in [-0.05, 0) is 25.2 Å². The predicted molar refractivity (Wildman–Crippen MR) is 70.6 cm³/mol. The minimum atomic E-state index is -3.40. The molecule has 1 atom stereocenters. The van der Waals surface area contributed by atoms with Crippen molar-refractivity contribution < 1.29 is 18.3 Å². The number of carbonyl (C=O) groups excluding carboxylic acids is 1. The van der Waals surface area contributed by atoms with Gasteiger partial charge in [-0.15, -0.1) is 0 Å². The van der Waals surface area contributed by atoms with Crippen molar-refractivity contribution in [1.29, 1.82) is 0 Å². The molecule has 0 aromatic rings. The molecule has 0 aromatic heterocycles. The number of hydrogen-bond donors (Lipinski definition) is 3. The van der Waals surface area contributed by atoms with Crippen molar-refractivity contribution in [2.24, 2.45) is 5.92 Å². The smallest absolute Gasteiger partial charge is 0.238 e. The molecule has 0 radical (unpaired) electrons. The van der Waals surface area contributed by atoms with E-state index in [1.807, 2.05) is 13.8 Å². The van der Waals surface area contributed by atoms with E-state index in [1.165, 1.54) is 0 Å². The van der Waals surface area contributed by atoms with Crippen molar-refractivity contribution in [3.8, 4) is 0 Å². The fraction of sp³-hybridized carbons (Fsp3) is 0.909. The summed E-state index contributed by atoms with van der Waals surface area (Å²) in [6, 6.07) is -0.728. The third-order valence-electron chi connectivity index (χ3n) is 2.26. The summed E-state index contributed by atoms with van der Waals surface area (Å²) in [5, 5.41) is 11.3. The van der Waals surface area contributed by atoms with Crippen LogP contribution in [0.15, 0.2) is 0 Å². The van der Waals surface area contributed by atoms with Crippen LogP contribution in [0.25, 0.3) is 0 Å². The molecule has 0 aliphatic rings. The van der Waals surface area contributed by atoms with Gasteiger partial charge in [-0.1, -0.05) is 13.8 Å². The van der Waals surface area contributed by atoms with E-state index in [9.17, 15) is 13.2 Å². The molecule has 0 aromatic carbocycles. The Hall–Kier alpha value is -0.660. The molecule has 0 aliphatic heterocycles. The second-order valence-corrected chi connectivity index (χ2v) is 6.57. The number of unbranched alkanes of at least 4 members (excludes halogenated alkanes) is 1. The first-order chi connectivity index (χ1) is 8.26. The molecule has 0 saturated carbocycles. The van der Waals surface area contributed by atoms with Crippen molar-refractivity contribution in [3.05, 3.63) is 0 Å². The molecule has 6 nitrogen and oxygen atoms in total. The number of carbonyl (C=O) groups is 1. The van der Waals surface area contributed by atoms with Crippen LogP contribution in [0.2, 0.25) is 0 Å². The van der Waals surface area contributed by atoms with E-state index in [2.05, 4.69) is 10.0 Å². The average Bonchev–Trinajstić information content (AvgIpc) is 2.20. The molecule has 3 N–H and O–H groups in total. The quantitative estimate of drug-likeness (QED) is 0.511. The maximum Gasteiger partial charge on any atom is 0.238 e. The van der Waals surface area contributed by atoms with E-state index in [0.29, 0.717) is 25.8 Å². The highest BCUT2D eigenvalue weighted by Gasteiger charge is 2.22. The maximum absolute atomic E-state index is 11.8. The summed E-state index contributed by atoms with van der Waals surface area (Å²) in [5.74, 6) is -0.0977. The fourth-order valence-corrected chi connectivity index (χ4v) is 2.23. The summed E-state index contributed by atoms with van der Waals surface area (Å²) < 4.78 is 24.7. The molecule has 0 spiro atoms. The van der Waals surface area contributed by atoms with Gasteiger partial charge < -0.3 is 10.4 Å². The molecule has 0 fully saturated rings. The van der Waals surface area contributed by atoms with E-state index in [1.54, 1.807) is 0 Å². The Balaban J connectivity index is 4.32. The molecule has 1 amide bonds. The molecule has 0 saturated heterocycles. The molecule has 0 aliphatic carbocycles. The van der Waals surface area contributed by atoms with Gasteiger partial charge in [0.1, 0.15) is 6.04 Å². The molecule has 0 rings (SSSR count). The van der Waals surface area contributed by atoms with E-state index in [0.717, 1.165) is 6.26 Å². The Morgan fingerprint density at radius 2 is 1.89 bits per heavy atom. The predicted octanol–water partition coefficient (Wildman–Crippen LogP) is -0.161. The minimum Gasteiger partial charge on any atom is -0.396 e. The second-order valence-electron chi connectivity index (χ2n) is 4.79. The van der Waals surface area contributed by atoms with Gasteiger partial charge in [0.05, 0.1) is 6.26 Å². The van der Waals surface area contributed by atoms with E-state index in [4.69, 9.17) is 5.11 Å². The lowest BCUT2D eigenvalue weighted by Gasteiger charge is -2.19. The number of hydrogen-bond acceptors (Lipinski definition) is 4. The van der Waals surface area contributed by atoms with Gasteiger partial charge in [0.25, 0.3) is 0 Å². The van der Waals surface area contributed by atoms with Gasteiger partial charge in [-0.25, -0.2) is 13.1 Å². The molecule has 0 heterocycles. The lowest BCUT2D eigenvalue weighted by atomic mass is 10.0. The lowest BCUT2D eigenvalue weighted by molar-refractivity contribution is -0.123. The summed E-state index contributed by atoms with van der Waals surface area (Å²) in [4.78, 5) is 11.8. The van der Waals surface area contributed by atoms with Crippen LogP contribution < -0.4 is 10.0 Å². The first-order valence-electron chi connectivity index (χ1n) is 6.12. The normalized spacial score (nSPS) is 13.6. The van der Waals surface area contributed by atoms with Crippen LogP contribution in [-0.2, 0) is 14.8 Å². The summed E-state index contributed by atoms with van der Waals surface area (Å²) in [5.41, 5.74) is 0. The number of sulfonamides is 1. The lowest BCUT2D eigenvalue weighted by Crippen LogP contribution is -2.47. The highest BCUT2D eigenvalue weighted by Crippen LogP contribution is 2.06. The Labute approximate surface area is 109 Å². The van der Waals surface area contributed by atoms with Crippen LogP contribution in [0.5, 0.6) is 0 Å². The van der Waals surface area contributed by atoms with Gasteiger partial charge in [-0.2, -0.15) is 0 Å². The molecule has 7 heteroatoms. The SMILES string of the molecule is CC(C)CC(NS(C)(=O)=O)C(=O)NCCCCO. The summed E-state index contributed by atoms with van der Waals surface area (Å²) in [7, 11) is -3.40. The zero-order valence-electron chi connectivity index (χ0n) is 11.3. The van der Waals surface area contributed by atoms with Crippen molar-refractivity contribution >= 4 is 15.9 Å². The van der Waals surface area contributed by atoms with Gasteiger partial charge >= 0.3 is 0 Å². The topological polar surface area (TPSA) is 95.5 Å². The van der Waals surface area contributed by atoms with Crippen LogP contribution >= 0.6 is 0 Å². The first kappa shape index (κ1) is 17.3. The zero-order valence-corrected chi connectivity index (χ0v) is 12.1. The van der Waals surface area contributed by atoms with Crippen LogP contribution in [0, 0.1) is 5.92 Å². The highest BCUT2D eigenvalue weighted by atomic mass is 32.2. The van der Waals surface area contributed by atoms with Crippen LogP contribution in [-0.4, -0.2) is 44.9 Å². The first-order valence-corrected chi connectivity index (χ1v) is 8.01. The average molecular weight is 280 g/mol. The van der Waals surface area contributed by atoms with Crippen molar-refractivity contribution in [3.63, 3.8) is 0 Å². The minimum absolute atomic E-state index is 0.0902. The third-order valence-corrected chi connectivity index (χ3v) is 2.98. The van der Waals surface area contributed by atoms with E-state index < -0.39 is 16.1 Å². The van der Waals surface area contributed by atoms with Gasteiger partial charge in [0.2, 0.25) is 15.9 Å². The van der Waals surface area contributed by atoms with Crippen molar-refractivity contribution in [2.75, 3.05) is 19.4 Å². The van der Waals surface area contributed by atoms with E-state index >= 15 is 0 Å². The second kappa shape index (κ2) is 8.44. The van der Waals surface area contributed by atoms with Crippen molar-refractivity contribution in [2.45, 2.75) is 39.2 Å². The summed E-state index contributed by atoms with van der Waals surface area (Å²) in [6.45, 7) is 4.39. The number of aliphatic hydroxyl groups excluding tert-OH is 1. The Morgan fingerprint density at radius 3 is 2.33 bits per heavy atom. The molecule has 108 valence electrons. The Morgan fingerprint density at radius 1 is 1.28 bits per heavy atom. The van der Waals surface area contributed by atoms with Crippen LogP contribution in [0.4, 0.5) is 0 Å². The Bertz CT molecular complexity index is 341. The zero-order chi connectivity index (χ0) is 14.2. The number of nitrogens with one attached hydrogen (secondary N) is 2. The third kappa shape index (κ3) is 9.38. The molecular weight excluding hydrogens is 256 g/mol.